The van der Waals surface area contributed by atoms with E-state index in [0.717, 1.165) is 5.56 Å². The van der Waals surface area contributed by atoms with E-state index in [-0.39, 0.29) is 17.7 Å². The van der Waals surface area contributed by atoms with Crippen LogP contribution in [0.5, 0.6) is 17.2 Å². The number of anilines is 2. The van der Waals surface area contributed by atoms with Crippen molar-refractivity contribution in [2.75, 3.05) is 18.1 Å². The number of ether oxygens (including phenoxy) is 2. The monoisotopic (exact) mass is 376 g/mol. The molecule has 4 rings (SSSR count). The van der Waals surface area contributed by atoms with Gasteiger partial charge >= 0.3 is 0 Å². The molecule has 0 aliphatic carbocycles. The molecule has 2 aromatic carbocycles. The van der Waals surface area contributed by atoms with Gasteiger partial charge < -0.3 is 20.9 Å². The highest BCUT2D eigenvalue weighted by atomic mass is 35.5. The van der Waals surface area contributed by atoms with Gasteiger partial charge in [-0.05, 0) is 12.1 Å². The maximum atomic E-state index is 6.22. The summed E-state index contributed by atoms with van der Waals surface area (Å²) in [5.74, 6) is 2.13. The summed E-state index contributed by atoms with van der Waals surface area (Å²) in [5.41, 5.74) is 13.2. The predicted octanol–water partition coefficient (Wildman–Crippen LogP) is 4.39. The van der Waals surface area contributed by atoms with E-state index in [1.54, 1.807) is 24.3 Å². The lowest BCUT2D eigenvalue weighted by molar-refractivity contribution is 0.340. The molecule has 1 unspecified atom stereocenters. The molecule has 0 spiro atoms. The van der Waals surface area contributed by atoms with Crippen molar-refractivity contribution in [3.8, 4) is 17.2 Å². The fourth-order valence-corrected chi connectivity index (χ4v) is 3.29. The van der Waals surface area contributed by atoms with Crippen molar-refractivity contribution in [3.05, 3.63) is 39.9 Å². The van der Waals surface area contributed by atoms with Crippen LogP contribution in [0.25, 0.3) is 10.9 Å². The Kier molecular flexibility index (Phi) is 3.74. The number of rotatable bonds is 2. The molecule has 1 aliphatic heterocycles. The van der Waals surface area contributed by atoms with Gasteiger partial charge in [0.1, 0.15) is 23.1 Å². The number of nitrogens with zero attached hydrogens (tertiary/aromatic N) is 2. The first-order valence-corrected chi connectivity index (χ1v) is 8.35. The van der Waals surface area contributed by atoms with Crippen molar-refractivity contribution in [2.24, 2.45) is 0 Å². The third kappa shape index (κ3) is 2.67. The Labute approximate surface area is 153 Å². The number of halogens is 2. The van der Waals surface area contributed by atoms with Gasteiger partial charge in [0.2, 0.25) is 5.95 Å². The summed E-state index contributed by atoms with van der Waals surface area (Å²) in [4.78, 5) is 8.28. The highest BCUT2D eigenvalue weighted by Gasteiger charge is 2.29. The molecule has 0 fully saturated rings. The minimum Gasteiger partial charge on any atom is -0.492 e. The first-order chi connectivity index (χ1) is 11.9. The summed E-state index contributed by atoms with van der Waals surface area (Å²) >= 11 is 12.3. The van der Waals surface area contributed by atoms with Crippen LogP contribution in [0, 0.1) is 0 Å². The lowest BCUT2D eigenvalue weighted by Gasteiger charge is -2.15. The van der Waals surface area contributed by atoms with Crippen molar-refractivity contribution in [2.45, 2.75) is 12.8 Å². The van der Waals surface area contributed by atoms with Crippen LogP contribution in [-0.4, -0.2) is 16.6 Å². The first kappa shape index (κ1) is 16.1. The maximum absolute atomic E-state index is 6.22. The summed E-state index contributed by atoms with van der Waals surface area (Å²) < 4.78 is 11.9. The van der Waals surface area contributed by atoms with Crippen LogP contribution >= 0.6 is 23.2 Å². The second-order valence-corrected chi connectivity index (χ2v) is 6.71. The number of hydrogen-bond donors (Lipinski definition) is 2. The Bertz CT molecular complexity index is 1010. The molecule has 6 nitrogen and oxygen atoms in total. The quantitative estimate of drug-likeness (QED) is 0.688. The number of nitrogen functional groups attached to an aromatic ring is 2. The summed E-state index contributed by atoms with van der Waals surface area (Å²) in [6.07, 6.45) is 0. The molecule has 0 amide bonds. The van der Waals surface area contributed by atoms with Gasteiger partial charge in [0.15, 0.2) is 0 Å². The van der Waals surface area contributed by atoms with Gasteiger partial charge in [-0.15, -0.1) is 0 Å². The Morgan fingerprint density at radius 2 is 1.96 bits per heavy atom. The van der Waals surface area contributed by atoms with E-state index >= 15 is 0 Å². The molecule has 2 heterocycles. The number of benzene rings is 2. The SMILES string of the molecule is CC1COc2c1c(Oc1cc(Cl)ccc1Cl)cc1nc(N)nc(N)c21. The van der Waals surface area contributed by atoms with E-state index in [4.69, 9.17) is 44.1 Å². The van der Waals surface area contributed by atoms with Crippen molar-refractivity contribution in [1.82, 2.24) is 9.97 Å². The van der Waals surface area contributed by atoms with E-state index in [2.05, 4.69) is 9.97 Å². The molecule has 1 aromatic heterocycles. The van der Waals surface area contributed by atoms with E-state index in [0.29, 0.717) is 44.8 Å². The van der Waals surface area contributed by atoms with Crippen LogP contribution in [0.4, 0.5) is 11.8 Å². The lowest BCUT2D eigenvalue weighted by Crippen LogP contribution is -2.02. The van der Waals surface area contributed by atoms with E-state index in [1.807, 2.05) is 6.92 Å². The van der Waals surface area contributed by atoms with Crippen LogP contribution in [0.15, 0.2) is 24.3 Å². The number of nitrogens with two attached hydrogens (primary N) is 2. The second-order valence-electron chi connectivity index (χ2n) is 5.87. The zero-order valence-corrected chi connectivity index (χ0v) is 14.7. The maximum Gasteiger partial charge on any atom is 0.222 e. The smallest absolute Gasteiger partial charge is 0.222 e. The molecule has 8 heteroatoms. The Balaban J connectivity index is 1.95. The van der Waals surface area contributed by atoms with Crippen molar-refractivity contribution < 1.29 is 9.47 Å². The van der Waals surface area contributed by atoms with Gasteiger partial charge in [0.25, 0.3) is 0 Å². The van der Waals surface area contributed by atoms with Gasteiger partial charge in [-0.2, -0.15) is 4.98 Å². The third-order valence-electron chi connectivity index (χ3n) is 4.07. The fourth-order valence-electron chi connectivity index (χ4n) is 2.97. The minimum atomic E-state index is 0.0859. The zero-order chi connectivity index (χ0) is 17.7. The van der Waals surface area contributed by atoms with Crippen LogP contribution < -0.4 is 20.9 Å². The standard InChI is InChI=1S/C17H14Cl2N4O2/c1-7-6-24-15-13(7)12(25-11-4-8(18)2-3-9(11)19)5-10-14(15)16(20)23-17(21)22-10/h2-5,7H,6H2,1H3,(H4,20,21,22,23). The van der Waals surface area contributed by atoms with Gasteiger partial charge in [-0.25, -0.2) is 4.98 Å². The molecule has 0 saturated heterocycles. The Hall–Kier alpha value is -2.44. The van der Waals surface area contributed by atoms with Crippen LogP contribution in [0.2, 0.25) is 10.0 Å². The summed E-state index contributed by atoms with van der Waals surface area (Å²) in [6, 6.07) is 6.80. The number of aromatic nitrogens is 2. The molecular weight excluding hydrogens is 363 g/mol. The Morgan fingerprint density at radius 1 is 1.16 bits per heavy atom. The fraction of sp³-hybridized carbons (Fsp3) is 0.176. The summed E-state index contributed by atoms with van der Waals surface area (Å²) in [5, 5.41) is 1.61. The summed E-state index contributed by atoms with van der Waals surface area (Å²) in [7, 11) is 0. The summed E-state index contributed by atoms with van der Waals surface area (Å²) in [6.45, 7) is 2.55. The van der Waals surface area contributed by atoms with E-state index < -0.39 is 0 Å². The molecule has 25 heavy (non-hydrogen) atoms. The molecule has 1 aliphatic rings. The van der Waals surface area contributed by atoms with Crippen molar-refractivity contribution in [3.63, 3.8) is 0 Å². The normalized spacial score (nSPS) is 15.9. The Morgan fingerprint density at radius 3 is 2.76 bits per heavy atom. The van der Waals surface area contributed by atoms with Crippen molar-refractivity contribution >= 4 is 45.9 Å². The molecular formula is C17H14Cl2N4O2. The molecule has 0 radical (unpaired) electrons. The largest absolute Gasteiger partial charge is 0.492 e. The van der Waals surface area contributed by atoms with E-state index in [1.165, 1.54) is 0 Å². The van der Waals surface area contributed by atoms with Crippen LogP contribution in [-0.2, 0) is 0 Å². The highest BCUT2D eigenvalue weighted by molar-refractivity contribution is 6.34. The average molecular weight is 377 g/mol. The lowest BCUT2D eigenvalue weighted by atomic mass is 9.99. The number of hydrogen-bond acceptors (Lipinski definition) is 6. The molecule has 4 N–H and O–H groups in total. The molecule has 1 atom stereocenters. The second kappa shape index (κ2) is 5.82. The van der Waals surface area contributed by atoms with Gasteiger partial charge in [-0.1, -0.05) is 30.1 Å². The van der Waals surface area contributed by atoms with Gasteiger partial charge in [0.05, 0.1) is 22.5 Å². The number of fused-ring (bicyclic) bond motifs is 3. The molecule has 3 aromatic rings. The van der Waals surface area contributed by atoms with E-state index in [9.17, 15) is 0 Å². The molecule has 0 bridgehead atoms. The zero-order valence-electron chi connectivity index (χ0n) is 13.2. The third-order valence-corrected chi connectivity index (χ3v) is 4.62. The predicted molar refractivity (Wildman–Crippen MR) is 98.8 cm³/mol. The molecule has 0 saturated carbocycles. The first-order valence-electron chi connectivity index (χ1n) is 7.59. The van der Waals surface area contributed by atoms with Crippen LogP contribution in [0.3, 0.4) is 0 Å². The average Bonchev–Trinajstić information content (AvgIpc) is 2.92. The van der Waals surface area contributed by atoms with Gasteiger partial charge in [0, 0.05) is 28.6 Å². The van der Waals surface area contributed by atoms with Crippen LogP contribution in [0.1, 0.15) is 18.4 Å². The topological polar surface area (TPSA) is 96.3 Å². The highest BCUT2D eigenvalue weighted by Crippen LogP contribution is 2.48. The van der Waals surface area contributed by atoms with Crippen molar-refractivity contribution in [1.29, 1.82) is 0 Å². The van der Waals surface area contributed by atoms with Gasteiger partial charge in [-0.3, -0.25) is 0 Å². The minimum absolute atomic E-state index is 0.0859. The molecule has 128 valence electrons.